The minimum atomic E-state index is -0.453. The Kier molecular flexibility index (Phi) is 6.68. The van der Waals surface area contributed by atoms with Crippen LogP contribution in [0.1, 0.15) is 19.4 Å². The molecule has 21 heavy (non-hydrogen) atoms. The van der Waals surface area contributed by atoms with Crippen LogP contribution in [-0.4, -0.2) is 43.0 Å². The molecular formula is C15H23N3O3. The zero-order valence-electron chi connectivity index (χ0n) is 12.8. The molecule has 3 N–H and O–H groups in total. The third-order valence-corrected chi connectivity index (χ3v) is 2.62. The van der Waals surface area contributed by atoms with Crippen LogP contribution in [0.4, 0.5) is 0 Å². The van der Waals surface area contributed by atoms with Crippen LogP contribution in [0.25, 0.3) is 0 Å². The fourth-order valence-electron chi connectivity index (χ4n) is 1.78. The Morgan fingerprint density at radius 1 is 1.24 bits per heavy atom. The lowest BCUT2D eigenvalue weighted by molar-refractivity contribution is -0.123. The van der Waals surface area contributed by atoms with E-state index in [1.54, 1.807) is 11.9 Å². The molecule has 0 fully saturated rings. The van der Waals surface area contributed by atoms with Crippen LogP contribution in [0.5, 0.6) is 5.75 Å². The Morgan fingerprint density at radius 2 is 1.86 bits per heavy atom. The van der Waals surface area contributed by atoms with Crippen LogP contribution in [0.15, 0.2) is 24.3 Å². The highest BCUT2D eigenvalue weighted by molar-refractivity contribution is 5.80. The molecule has 0 radical (unpaired) electrons. The largest absolute Gasteiger partial charge is 0.491 e. The first-order chi connectivity index (χ1) is 9.86. The molecule has 1 aromatic carbocycles. The number of likely N-dealkylation sites (N-methyl/N-ethyl adjacent to an activating group) is 1. The van der Waals surface area contributed by atoms with Crippen molar-refractivity contribution in [1.29, 1.82) is 0 Å². The van der Waals surface area contributed by atoms with Gasteiger partial charge in [0.1, 0.15) is 5.75 Å². The second-order valence-electron chi connectivity index (χ2n) is 5.23. The molecule has 0 aliphatic carbocycles. The van der Waals surface area contributed by atoms with E-state index < -0.39 is 5.91 Å². The van der Waals surface area contributed by atoms with Gasteiger partial charge in [-0.15, -0.1) is 0 Å². The second kappa shape index (κ2) is 8.26. The topological polar surface area (TPSA) is 84.7 Å². The molecule has 0 bridgehead atoms. The lowest BCUT2D eigenvalue weighted by atomic mass is 10.2. The van der Waals surface area contributed by atoms with E-state index in [-0.39, 0.29) is 25.1 Å². The number of nitrogens with zero attached hydrogens (tertiary/aromatic N) is 1. The smallest absolute Gasteiger partial charge is 0.234 e. The van der Waals surface area contributed by atoms with Crippen LogP contribution in [0.2, 0.25) is 0 Å². The molecule has 1 aromatic rings. The summed E-state index contributed by atoms with van der Waals surface area (Å²) in [6.07, 6.45) is 0.136. The Balaban J connectivity index is 2.37. The fraction of sp³-hybridized carbons (Fsp3) is 0.467. The van der Waals surface area contributed by atoms with Gasteiger partial charge in [0.15, 0.2) is 0 Å². The Morgan fingerprint density at radius 3 is 2.38 bits per heavy atom. The van der Waals surface area contributed by atoms with Crippen molar-refractivity contribution in [1.82, 2.24) is 10.2 Å². The van der Waals surface area contributed by atoms with E-state index in [4.69, 9.17) is 10.5 Å². The number of primary amides is 1. The molecule has 2 amide bonds. The monoisotopic (exact) mass is 293 g/mol. The van der Waals surface area contributed by atoms with Crippen LogP contribution in [0.3, 0.4) is 0 Å². The van der Waals surface area contributed by atoms with E-state index in [1.165, 1.54) is 0 Å². The van der Waals surface area contributed by atoms with E-state index in [0.29, 0.717) is 6.54 Å². The number of benzene rings is 1. The van der Waals surface area contributed by atoms with Crippen molar-refractivity contribution < 1.29 is 14.3 Å². The molecule has 0 saturated heterocycles. The summed E-state index contributed by atoms with van der Waals surface area (Å²) in [5.41, 5.74) is 6.04. The minimum absolute atomic E-state index is 0.0641. The molecule has 6 heteroatoms. The summed E-state index contributed by atoms with van der Waals surface area (Å²) in [5.74, 6) is 0.202. The number of nitrogens with two attached hydrogens (primary N) is 1. The first-order valence-corrected chi connectivity index (χ1v) is 6.86. The summed E-state index contributed by atoms with van der Waals surface area (Å²) in [7, 11) is 1.67. The van der Waals surface area contributed by atoms with Gasteiger partial charge >= 0.3 is 0 Å². The van der Waals surface area contributed by atoms with Crippen molar-refractivity contribution in [2.24, 2.45) is 5.73 Å². The number of rotatable bonds is 8. The Hall–Kier alpha value is -2.08. The normalized spacial score (nSPS) is 10.7. The van der Waals surface area contributed by atoms with Gasteiger partial charge in [-0.1, -0.05) is 12.1 Å². The Bertz CT molecular complexity index is 472. The van der Waals surface area contributed by atoms with Gasteiger partial charge in [0.2, 0.25) is 11.8 Å². The molecule has 0 aliphatic rings. The highest BCUT2D eigenvalue weighted by Gasteiger charge is 2.08. The van der Waals surface area contributed by atoms with Crippen molar-refractivity contribution >= 4 is 11.8 Å². The summed E-state index contributed by atoms with van der Waals surface area (Å²) in [6.45, 7) is 4.57. The lowest BCUT2D eigenvalue weighted by Crippen LogP contribution is -2.38. The van der Waals surface area contributed by atoms with Gasteiger partial charge in [-0.2, -0.15) is 0 Å². The van der Waals surface area contributed by atoms with Gasteiger partial charge in [-0.05, 0) is 38.6 Å². The number of ether oxygens (including phenoxy) is 1. The fourth-order valence-corrected chi connectivity index (χ4v) is 1.78. The average molecular weight is 293 g/mol. The molecule has 1 rings (SSSR count). The highest BCUT2D eigenvalue weighted by atomic mass is 16.5. The van der Waals surface area contributed by atoms with Crippen LogP contribution >= 0.6 is 0 Å². The summed E-state index contributed by atoms with van der Waals surface area (Å²) in [5, 5.41) is 2.79. The third kappa shape index (κ3) is 7.31. The van der Waals surface area contributed by atoms with E-state index in [9.17, 15) is 9.59 Å². The summed E-state index contributed by atoms with van der Waals surface area (Å²) in [4.78, 5) is 24.0. The molecule has 6 nitrogen and oxygen atoms in total. The Labute approximate surface area is 125 Å². The minimum Gasteiger partial charge on any atom is -0.491 e. The number of carbonyl (C=O) groups excluding carboxylic acids is 2. The van der Waals surface area contributed by atoms with E-state index >= 15 is 0 Å². The van der Waals surface area contributed by atoms with Gasteiger partial charge in [-0.3, -0.25) is 14.5 Å². The van der Waals surface area contributed by atoms with Crippen molar-refractivity contribution in [3.8, 4) is 5.75 Å². The molecule has 0 aromatic heterocycles. The maximum absolute atomic E-state index is 11.7. The quantitative estimate of drug-likeness (QED) is 0.731. The van der Waals surface area contributed by atoms with Gasteiger partial charge in [0.25, 0.3) is 0 Å². The maximum Gasteiger partial charge on any atom is 0.234 e. The highest BCUT2D eigenvalue weighted by Crippen LogP contribution is 2.13. The number of hydrogen-bond donors (Lipinski definition) is 2. The van der Waals surface area contributed by atoms with E-state index in [0.717, 1.165) is 11.3 Å². The van der Waals surface area contributed by atoms with Gasteiger partial charge in [0.05, 0.1) is 19.2 Å². The van der Waals surface area contributed by atoms with Gasteiger partial charge in [-0.25, -0.2) is 0 Å². The number of amides is 2. The average Bonchev–Trinajstić information content (AvgIpc) is 2.36. The van der Waals surface area contributed by atoms with Crippen molar-refractivity contribution in [3.05, 3.63) is 29.8 Å². The van der Waals surface area contributed by atoms with Crippen molar-refractivity contribution in [2.75, 3.05) is 20.1 Å². The number of carbonyl (C=O) groups is 2. The summed E-state index contributed by atoms with van der Waals surface area (Å²) in [6, 6.07) is 7.57. The van der Waals surface area contributed by atoms with Crippen molar-refractivity contribution in [2.45, 2.75) is 26.5 Å². The molecule has 0 heterocycles. The van der Waals surface area contributed by atoms with E-state index in [2.05, 4.69) is 5.32 Å². The molecular weight excluding hydrogens is 270 g/mol. The molecule has 116 valence electrons. The maximum atomic E-state index is 11.7. The van der Waals surface area contributed by atoms with Gasteiger partial charge in [0, 0.05) is 6.54 Å². The molecule has 0 atom stereocenters. The predicted octanol–water partition coefficient (Wildman–Crippen LogP) is 0.507. The number of hydrogen-bond acceptors (Lipinski definition) is 4. The summed E-state index contributed by atoms with van der Waals surface area (Å²) >= 11 is 0. The molecule has 0 unspecified atom stereocenters. The zero-order chi connectivity index (χ0) is 15.8. The predicted molar refractivity (Wildman–Crippen MR) is 80.7 cm³/mol. The summed E-state index contributed by atoms with van der Waals surface area (Å²) < 4.78 is 5.55. The molecule has 0 aliphatic heterocycles. The van der Waals surface area contributed by atoms with Crippen LogP contribution < -0.4 is 15.8 Å². The zero-order valence-corrected chi connectivity index (χ0v) is 12.8. The van der Waals surface area contributed by atoms with Crippen LogP contribution in [-0.2, 0) is 16.1 Å². The SMILES string of the molecule is CC(C)Oc1ccc(CNC(=O)CN(C)CC(N)=O)cc1. The molecule has 0 saturated carbocycles. The first kappa shape index (κ1) is 17.0. The number of nitrogens with one attached hydrogen (secondary N) is 1. The lowest BCUT2D eigenvalue weighted by Gasteiger charge is -2.14. The van der Waals surface area contributed by atoms with Crippen molar-refractivity contribution in [3.63, 3.8) is 0 Å². The van der Waals surface area contributed by atoms with E-state index in [1.807, 2.05) is 38.1 Å². The van der Waals surface area contributed by atoms with Crippen LogP contribution in [0, 0.1) is 0 Å². The third-order valence-electron chi connectivity index (χ3n) is 2.62. The second-order valence-corrected chi connectivity index (χ2v) is 5.23. The standard InChI is InChI=1S/C15H23N3O3/c1-11(2)21-13-6-4-12(5-7-13)8-17-15(20)10-18(3)9-14(16)19/h4-7,11H,8-10H2,1-3H3,(H2,16,19)(H,17,20). The molecule has 0 spiro atoms. The van der Waals surface area contributed by atoms with Gasteiger partial charge < -0.3 is 15.8 Å². The first-order valence-electron chi connectivity index (χ1n) is 6.86.